The molecule has 1 heterocycles. The molecule has 1 fully saturated rings. The number of morpholine rings is 1. The van der Waals surface area contributed by atoms with Crippen LogP contribution in [-0.4, -0.2) is 61.4 Å². The van der Waals surface area contributed by atoms with E-state index in [0.717, 1.165) is 38.9 Å². The predicted molar refractivity (Wildman–Crippen MR) is 61.5 cm³/mol. The van der Waals surface area contributed by atoms with Gasteiger partial charge < -0.3 is 15.2 Å². The molecule has 0 amide bonds. The maximum Gasteiger partial charge on any atom is 0.328 e. The number of aliphatic carboxylic acids is 1. The van der Waals surface area contributed by atoms with Gasteiger partial charge in [0, 0.05) is 32.3 Å². The summed E-state index contributed by atoms with van der Waals surface area (Å²) in [5, 5.41) is 11.5. The molecule has 1 unspecified atom stereocenters. The summed E-state index contributed by atoms with van der Waals surface area (Å²) in [5.41, 5.74) is 0. The first kappa shape index (κ1) is 13.2. The van der Waals surface area contributed by atoms with Crippen molar-refractivity contribution in [1.82, 2.24) is 10.2 Å². The molecule has 1 aliphatic rings. The van der Waals surface area contributed by atoms with Gasteiger partial charge in [-0.2, -0.15) is 0 Å². The van der Waals surface area contributed by atoms with Crippen LogP contribution in [0.15, 0.2) is 12.2 Å². The second-order valence-electron chi connectivity index (χ2n) is 3.78. The van der Waals surface area contributed by atoms with Crippen LogP contribution in [-0.2, 0) is 9.53 Å². The van der Waals surface area contributed by atoms with Crippen LogP contribution < -0.4 is 5.32 Å². The van der Waals surface area contributed by atoms with Gasteiger partial charge in [-0.1, -0.05) is 13.0 Å². The Labute approximate surface area is 96.1 Å². The zero-order valence-corrected chi connectivity index (χ0v) is 9.69. The first-order chi connectivity index (χ1) is 7.72. The SMILES string of the molecule is CCN1CCOC(CNC/C=C/C(=O)O)C1. The number of nitrogens with zero attached hydrogens (tertiary/aromatic N) is 1. The molecule has 0 spiro atoms. The lowest BCUT2D eigenvalue weighted by Gasteiger charge is -2.32. The van der Waals surface area contributed by atoms with Crippen LogP contribution in [0, 0.1) is 0 Å². The summed E-state index contributed by atoms with van der Waals surface area (Å²) in [6, 6.07) is 0. The molecule has 0 aliphatic carbocycles. The van der Waals surface area contributed by atoms with Gasteiger partial charge in [0.05, 0.1) is 12.7 Å². The number of carbonyl (C=O) groups is 1. The maximum atomic E-state index is 10.2. The third-order valence-electron chi connectivity index (χ3n) is 2.56. The minimum absolute atomic E-state index is 0.215. The van der Waals surface area contributed by atoms with Crippen LogP contribution in [0.5, 0.6) is 0 Å². The molecule has 5 nitrogen and oxygen atoms in total. The summed E-state index contributed by atoms with van der Waals surface area (Å²) in [4.78, 5) is 12.6. The van der Waals surface area contributed by atoms with E-state index < -0.39 is 5.97 Å². The van der Waals surface area contributed by atoms with Gasteiger partial charge in [0.25, 0.3) is 0 Å². The van der Waals surface area contributed by atoms with E-state index in [2.05, 4.69) is 17.1 Å². The molecule has 0 aromatic heterocycles. The van der Waals surface area contributed by atoms with E-state index in [1.165, 1.54) is 0 Å². The molecule has 1 rings (SSSR count). The number of hydrogen-bond acceptors (Lipinski definition) is 4. The van der Waals surface area contributed by atoms with E-state index in [1.54, 1.807) is 6.08 Å². The second-order valence-corrected chi connectivity index (χ2v) is 3.78. The van der Waals surface area contributed by atoms with Gasteiger partial charge in [-0.3, -0.25) is 4.90 Å². The molecule has 0 aromatic rings. The molecule has 0 bridgehead atoms. The van der Waals surface area contributed by atoms with Crippen molar-refractivity contribution in [3.63, 3.8) is 0 Å². The summed E-state index contributed by atoms with van der Waals surface area (Å²) in [6.45, 7) is 7.27. The van der Waals surface area contributed by atoms with E-state index in [1.807, 2.05) is 0 Å². The highest BCUT2D eigenvalue weighted by Gasteiger charge is 2.18. The molecule has 1 saturated heterocycles. The van der Waals surface area contributed by atoms with Gasteiger partial charge in [-0.15, -0.1) is 0 Å². The average molecular weight is 228 g/mol. The van der Waals surface area contributed by atoms with Gasteiger partial charge in [0.15, 0.2) is 0 Å². The topological polar surface area (TPSA) is 61.8 Å². The van der Waals surface area contributed by atoms with Crippen molar-refractivity contribution < 1.29 is 14.6 Å². The first-order valence-electron chi connectivity index (χ1n) is 5.66. The van der Waals surface area contributed by atoms with Gasteiger partial charge in [-0.05, 0) is 6.54 Å². The minimum Gasteiger partial charge on any atom is -0.478 e. The number of carboxylic acids is 1. The minimum atomic E-state index is -0.909. The quantitative estimate of drug-likeness (QED) is 0.492. The van der Waals surface area contributed by atoms with Gasteiger partial charge in [0.2, 0.25) is 0 Å². The number of rotatable bonds is 6. The lowest BCUT2D eigenvalue weighted by molar-refractivity contribution is -0.131. The van der Waals surface area contributed by atoms with Crippen LogP contribution in [0.2, 0.25) is 0 Å². The summed E-state index contributed by atoms with van der Waals surface area (Å²) in [6.07, 6.45) is 2.96. The van der Waals surface area contributed by atoms with Crippen LogP contribution in [0.25, 0.3) is 0 Å². The maximum absolute atomic E-state index is 10.2. The summed E-state index contributed by atoms with van der Waals surface area (Å²) < 4.78 is 5.59. The van der Waals surface area contributed by atoms with Crippen molar-refractivity contribution >= 4 is 5.97 Å². The van der Waals surface area contributed by atoms with Gasteiger partial charge >= 0.3 is 5.97 Å². The first-order valence-corrected chi connectivity index (χ1v) is 5.66. The molecule has 5 heteroatoms. The average Bonchev–Trinajstić information content (AvgIpc) is 2.28. The summed E-state index contributed by atoms with van der Waals surface area (Å²) in [7, 11) is 0. The lowest BCUT2D eigenvalue weighted by atomic mass is 10.2. The zero-order valence-electron chi connectivity index (χ0n) is 9.69. The molecule has 0 aromatic carbocycles. The summed E-state index contributed by atoms with van der Waals surface area (Å²) >= 11 is 0. The van der Waals surface area contributed by atoms with E-state index >= 15 is 0 Å². The Bertz CT molecular complexity index is 243. The van der Waals surface area contributed by atoms with Crippen LogP contribution in [0.1, 0.15) is 6.92 Å². The Morgan fingerprint density at radius 3 is 3.19 bits per heavy atom. The van der Waals surface area contributed by atoms with Crippen LogP contribution in [0.3, 0.4) is 0 Å². The normalized spacial score (nSPS) is 22.7. The number of carboxylic acid groups (broad SMARTS) is 1. The van der Waals surface area contributed by atoms with Gasteiger partial charge in [0.1, 0.15) is 0 Å². The number of nitrogens with one attached hydrogen (secondary N) is 1. The fraction of sp³-hybridized carbons (Fsp3) is 0.727. The number of ether oxygens (including phenoxy) is 1. The molecule has 92 valence electrons. The van der Waals surface area contributed by atoms with Crippen molar-refractivity contribution in [3.8, 4) is 0 Å². The Hall–Kier alpha value is -0.910. The van der Waals surface area contributed by atoms with Crippen molar-refractivity contribution in [2.75, 3.05) is 39.3 Å². The molecule has 0 radical (unpaired) electrons. The van der Waals surface area contributed by atoms with Crippen molar-refractivity contribution in [2.24, 2.45) is 0 Å². The van der Waals surface area contributed by atoms with E-state index in [-0.39, 0.29) is 6.10 Å². The molecule has 0 saturated carbocycles. The van der Waals surface area contributed by atoms with Crippen LogP contribution >= 0.6 is 0 Å². The monoisotopic (exact) mass is 228 g/mol. The highest BCUT2D eigenvalue weighted by molar-refractivity contribution is 5.79. The standard InChI is InChI=1S/C11H20N2O3/c1-2-13-6-7-16-10(9-13)8-12-5-3-4-11(14)15/h3-4,10,12H,2,5-9H2,1H3,(H,14,15)/b4-3+. The number of hydrogen-bond donors (Lipinski definition) is 2. The van der Waals surface area contributed by atoms with Gasteiger partial charge in [-0.25, -0.2) is 4.79 Å². The molecule has 16 heavy (non-hydrogen) atoms. The predicted octanol–water partition coefficient (Wildman–Crippen LogP) is -0.0625. The fourth-order valence-corrected chi connectivity index (χ4v) is 1.68. The Morgan fingerprint density at radius 2 is 2.50 bits per heavy atom. The largest absolute Gasteiger partial charge is 0.478 e. The smallest absolute Gasteiger partial charge is 0.328 e. The fourth-order valence-electron chi connectivity index (χ4n) is 1.68. The van der Waals surface area contributed by atoms with Crippen molar-refractivity contribution in [3.05, 3.63) is 12.2 Å². The lowest BCUT2D eigenvalue weighted by Crippen LogP contribution is -2.46. The molecule has 1 atom stereocenters. The zero-order chi connectivity index (χ0) is 11.8. The third-order valence-corrected chi connectivity index (χ3v) is 2.56. The van der Waals surface area contributed by atoms with E-state index in [4.69, 9.17) is 9.84 Å². The third kappa shape index (κ3) is 5.25. The Morgan fingerprint density at radius 1 is 1.69 bits per heavy atom. The Balaban J connectivity index is 2.10. The van der Waals surface area contributed by atoms with E-state index in [0.29, 0.717) is 6.54 Å². The molecule has 1 aliphatic heterocycles. The highest BCUT2D eigenvalue weighted by atomic mass is 16.5. The van der Waals surface area contributed by atoms with Crippen molar-refractivity contribution in [2.45, 2.75) is 13.0 Å². The molecule has 2 N–H and O–H groups in total. The molecular weight excluding hydrogens is 208 g/mol. The Kier molecular flexibility index (Phi) is 6.07. The second kappa shape index (κ2) is 7.38. The van der Waals surface area contributed by atoms with Crippen LogP contribution in [0.4, 0.5) is 0 Å². The summed E-state index contributed by atoms with van der Waals surface area (Å²) in [5.74, 6) is -0.909. The van der Waals surface area contributed by atoms with E-state index in [9.17, 15) is 4.79 Å². The number of likely N-dealkylation sites (N-methyl/N-ethyl adjacent to an activating group) is 1. The molecular formula is C11H20N2O3. The van der Waals surface area contributed by atoms with Crippen molar-refractivity contribution in [1.29, 1.82) is 0 Å². The highest BCUT2D eigenvalue weighted by Crippen LogP contribution is 2.03.